The third kappa shape index (κ3) is 14.8. The van der Waals surface area contributed by atoms with E-state index in [0.29, 0.717) is 18.8 Å². The van der Waals surface area contributed by atoms with Gasteiger partial charge in [-0.1, -0.05) is 102 Å². The summed E-state index contributed by atoms with van der Waals surface area (Å²) in [6.45, 7) is 0. The normalized spacial score (nSPS) is 17.0. The topological polar surface area (TPSA) is 149 Å². The van der Waals surface area contributed by atoms with Gasteiger partial charge in [0.05, 0.1) is 0 Å². The molecule has 2 atom stereocenters. The SMILES string of the molecule is O=C(O)C(CCCCCCCCCC1C=CCC1CCCCCCCCCC(C(=O)O)C(=O)O)C(=O)O. The van der Waals surface area contributed by atoms with Crippen molar-refractivity contribution in [1.82, 2.24) is 0 Å². The van der Waals surface area contributed by atoms with E-state index in [-0.39, 0.29) is 12.8 Å². The predicted molar refractivity (Wildman–Crippen MR) is 141 cm³/mol. The first-order valence-electron chi connectivity index (χ1n) is 14.3. The van der Waals surface area contributed by atoms with Crippen LogP contribution in [0.4, 0.5) is 0 Å². The van der Waals surface area contributed by atoms with Crippen LogP contribution in [0.2, 0.25) is 0 Å². The fourth-order valence-electron chi connectivity index (χ4n) is 5.38. The lowest BCUT2D eigenvalue weighted by atomic mass is 9.86. The van der Waals surface area contributed by atoms with Gasteiger partial charge >= 0.3 is 23.9 Å². The van der Waals surface area contributed by atoms with Crippen molar-refractivity contribution in [2.75, 3.05) is 0 Å². The monoisotopic (exact) mass is 524 g/mol. The van der Waals surface area contributed by atoms with E-state index in [1.54, 1.807) is 0 Å². The Kier molecular flexibility index (Phi) is 17.4. The molecule has 0 aromatic heterocycles. The molecule has 0 saturated carbocycles. The summed E-state index contributed by atoms with van der Waals surface area (Å²) in [5, 5.41) is 35.5. The van der Waals surface area contributed by atoms with E-state index in [2.05, 4.69) is 12.2 Å². The molecule has 8 nitrogen and oxygen atoms in total. The van der Waals surface area contributed by atoms with Gasteiger partial charge in [0.1, 0.15) is 0 Å². The molecular formula is C29H48O8. The van der Waals surface area contributed by atoms with Crippen LogP contribution in [0.15, 0.2) is 12.2 Å². The second-order valence-electron chi connectivity index (χ2n) is 10.7. The number of carboxylic acids is 4. The molecule has 4 N–H and O–H groups in total. The van der Waals surface area contributed by atoms with E-state index >= 15 is 0 Å². The highest BCUT2D eigenvalue weighted by Gasteiger charge is 2.25. The van der Waals surface area contributed by atoms with Crippen LogP contribution in [0.3, 0.4) is 0 Å². The molecule has 0 fully saturated rings. The third-order valence-corrected chi connectivity index (χ3v) is 7.72. The van der Waals surface area contributed by atoms with Crippen molar-refractivity contribution in [3.63, 3.8) is 0 Å². The van der Waals surface area contributed by atoms with E-state index in [4.69, 9.17) is 20.4 Å². The van der Waals surface area contributed by atoms with Gasteiger partial charge in [0.25, 0.3) is 0 Å². The average molecular weight is 525 g/mol. The summed E-state index contributed by atoms with van der Waals surface area (Å²) >= 11 is 0. The first-order valence-corrected chi connectivity index (χ1v) is 14.3. The zero-order valence-corrected chi connectivity index (χ0v) is 22.3. The van der Waals surface area contributed by atoms with Crippen molar-refractivity contribution in [3.05, 3.63) is 12.2 Å². The molecule has 1 aliphatic rings. The lowest BCUT2D eigenvalue weighted by Crippen LogP contribution is -2.23. The Morgan fingerprint density at radius 1 is 0.541 bits per heavy atom. The van der Waals surface area contributed by atoms with Gasteiger partial charge in [-0.05, 0) is 43.9 Å². The summed E-state index contributed by atoms with van der Waals surface area (Å²) in [4.78, 5) is 43.5. The number of carboxylic acid groups (broad SMARTS) is 4. The van der Waals surface area contributed by atoms with E-state index < -0.39 is 35.7 Å². The highest BCUT2D eigenvalue weighted by atomic mass is 16.4. The van der Waals surface area contributed by atoms with E-state index in [1.807, 2.05) is 0 Å². The van der Waals surface area contributed by atoms with Gasteiger partial charge in [-0.2, -0.15) is 0 Å². The molecule has 0 aromatic carbocycles. The maximum atomic E-state index is 10.9. The molecule has 0 saturated heterocycles. The van der Waals surface area contributed by atoms with E-state index in [1.165, 1.54) is 57.8 Å². The van der Waals surface area contributed by atoms with Gasteiger partial charge in [0, 0.05) is 0 Å². The summed E-state index contributed by atoms with van der Waals surface area (Å²) in [5.41, 5.74) is 0. The number of hydrogen-bond donors (Lipinski definition) is 4. The average Bonchev–Trinajstić information content (AvgIpc) is 3.27. The second-order valence-corrected chi connectivity index (χ2v) is 10.7. The first-order chi connectivity index (χ1) is 17.7. The molecule has 37 heavy (non-hydrogen) atoms. The summed E-state index contributed by atoms with van der Waals surface area (Å²) in [5.74, 6) is -6.06. The molecular weight excluding hydrogens is 476 g/mol. The van der Waals surface area contributed by atoms with Crippen LogP contribution in [0.1, 0.15) is 122 Å². The Labute approximate surface area is 221 Å². The van der Waals surface area contributed by atoms with Gasteiger partial charge in [0.2, 0.25) is 0 Å². The van der Waals surface area contributed by atoms with Gasteiger partial charge in [-0.3, -0.25) is 19.2 Å². The number of unbranched alkanes of at least 4 members (excludes halogenated alkanes) is 12. The van der Waals surface area contributed by atoms with Crippen LogP contribution in [0.5, 0.6) is 0 Å². The van der Waals surface area contributed by atoms with E-state index in [9.17, 15) is 19.2 Å². The maximum absolute atomic E-state index is 10.9. The van der Waals surface area contributed by atoms with Gasteiger partial charge in [-0.15, -0.1) is 0 Å². The van der Waals surface area contributed by atoms with Gasteiger partial charge in [-0.25, -0.2) is 0 Å². The number of rotatable bonds is 24. The summed E-state index contributed by atoms with van der Waals surface area (Å²) in [6.07, 6.45) is 23.5. The van der Waals surface area contributed by atoms with Crippen molar-refractivity contribution >= 4 is 23.9 Å². The Hall–Kier alpha value is -2.38. The molecule has 0 heterocycles. The molecule has 8 heteroatoms. The zero-order chi connectivity index (χ0) is 27.5. The lowest BCUT2D eigenvalue weighted by Gasteiger charge is -2.19. The van der Waals surface area contributed by atoms with Gasteiger partial charge in [0.15, 0.2) is 11.8 Å². The minimum atomic E-state index is -1.27. The molecule has 1 rings (SSSR count). The fraction of sp³-hybridized carbons (Fsp3) is 0.793. The molecule has 0 amide bonds. The Bertz CT molecular complexity index is 689. The van der Waals surface area contributed by atoms with Crippen LogP contribution in [0.25, 0.3) is 0 Å². The highest BCUT2D eigenvalue weighted by molar-refractivity contribution is 5.93. The molecule has 1 aliphatic carbocycles. The van der Waals surface area contributed by atoms with Crippen molar-refractivity contribution in [2.45, 2.75) is 122 Å². The highest BCUT2D eigenvalue weighted by Crippen LogP contribution is 2.34. The largest absolute Gasteiger partial charge is 0.481 e. The number of carbonyl (C=O) groups is 4. The molecule has 2 unspecified atom stereocenters. The summed E-state index contributed by atoms with van der Waals surface area (Å²) in [6, 6.07) is 0. The Morgan fingerprint density at radius 3 is 1.30 bits per heavy atom. The second kappa shape index (κ2) is 19.7. The lowest BCUT2D eigenvalue weighted by molar-refractivity contribution is -0.156. The zero-order valence-electron chi connectivity index (χ0n) is 22.3. The minimum absolute atomic E-state index is 0.212. The van der Waals surface area contributed by atoms with Gasteiger partial charge < -0.3 is 20.4 Å². The summed E-state index contributed by atoms with van der Waals surface area (Å²) in [7, 11) is 0. The molecule has 0 radical (unpaired) electrons. The molecule has 0 aromatic rings. The molecule has 0 bridgehead atoms. The smallest absolute Gasteiger partial charge is 0.317 e. The van der Waals surface area contributed by atoms with Crippen LogP contribution < -0.4 is 0 Å². The van der Waals surface area contributed by atoms with Crippen LogP contribution in [-0.2, 0) is 19.2 Å². The number of hydrogen-bond acceptors (Lipinski definition) is 4. The Balaban J connectivity index is 1.98. The van der Waals surface area contributed by atoms with Crippen molar-refractivity contribution < 1.29 is 39.6 Å². The molecule has 0 aliphatic heterocycles. The minimum Gasteiger partial charge on any atom is -0.481 e. The predicted octanol–water partition coefficient (Wildman–Crippen LogP) is 6.77. The van der Waals surface area contributed by atoms with Crippen molar-refractivity contribution in [2.24, 2.45) is 23.7 Å². The van der Waals surface area contributed by atoms with Crippen molar-refractivity contribution in [3.8, 4) is 0 Å². The van der Waals surface area contributed by atoms with E-state index in [0.717, 1.165) is 44.4 Å². The number of allylic oxidation sites excluding steroid dienone is 2. The maximum Gasteiger partial charge on any atom is 0.317 e. The Morgan fingerprint density at radius 2 is 0.892 bits per heavy atom. The quantitative estimate of drug-likeness (QED) is 0.0613. The number of aliphatic carboxylic acids is 4. The first kappa shape index (κ1) is 32.6. The standard InChI is InChI=1S/C29H48O8/c30-26(31)24(27(32)33)20-13-9-5-1-3-7-11-16-22-18-15-19-23(22)17-12-8-4-2-6-10-14-21-25(28(34)35)29(36)37/h15,18,22-25H,1-14,16-17,19-21H2,(H,30,31)(H,32,33)(H,34,35)(H,36,37). The third-order valence-electron chi connectivity index (χ3n) is 7.72. The van der Waals surface area contributed by atoms with Crippen molar-refractivity contribution in [1.29, 1.82) is 0 Å². The van der Waals surface area contributed by atoms with Crippen LogP contribution >= 0.6 is 0 Å². The van der Waals surface area contributed by atoms with Crippen LogP contribution in [0, 0.1) is 23.7 Å². The van der Waals surface area contributed by atoms with Crippen LogP contribution in [-0.4, -0.2) is 44.3 Å². The summed E-state index contributed by atoms with van der Waals surface area (Å²) < 4.78 is 0. The molecule has 0 spiro atoms. The fourth-order valence-corrected chi connectivity index (χ4v) is 5.38. The molecule has 212 valence electrons.